The second-order valence-corrected chi connectivity index (χ2v) is 3.70. The molecule has 72 valence electrons. The first-order valence-electron chi connectivity index (χ1n) is 3.96. The molecule has 0 aliphatic heterocycles. The number of halogens is 2. The third-order valence-electron chi connectivity index (χ3n) is 1.80. The van der Waals surface area contributed by atoms with E-state index in [1.807, 2.05) is 0 Å². The lowest BCUT2D eigenvalue weighted by molar-refractivity contribution is 0.275. The maximum atomic E-state index is 13.2. The summed E-state index contributed by atoms with van der Waals surface area (Å²) in [6.07, 6.45) is 0.374. The zero-order chi connectivity index (χ0) is 9.84. The molecular formula is C9H11BrFNO. The van der Waals surface area contributed by atoms with E-state index in [-0.39, 0.29) is 12.4 Å². The van der Waals surface area contributed by atoms with E-state index in [1.165, 1.54) is 6.07 Å². The van der Waals surface area contributed by atoms with Crippen LogP contribution in [0.1, 0.15) is 18.0 Å². The summed E-state index contributed by atoms with van der Waals surface area (Å²) >= 11 is 3.15. The Balaban J connectivity index is 2.88. The molecule has 0 unspecified atom stereocenters. The van der Waals surface area contributed by atoms with Gasteiger partial charge in [0.2, 0.25) is 0 Å². The molecule has 1 aromatic carbocycles. The van der Waals surface area contributed by atoms with Gasteiger partial charge in [0.25, 0.3) is 0 Å². The van der Waals surface area contributed by atoms with Crippen LogP contribution in [0.3, 0.4) is 0 Å². The lowest BCUT2D eigenvalue weighted by atomic mass is 10.0. The van der Waals surface area contributed by atoms with Crippen molar-refractivity contribution in [2.75, 3.05) is 6.61 Å². The number of aliphatic hydroxyl groups excluding tert-OH is 1. The molecule has 0 heterocycles. The third-order valence-corrected chi connectivity index (χ3v) is 2.30. The van der Waals surface area contributed by atoms with Crippen LogP contribution in [0.4, 0.5) is 4.39 Å². The van der Waals surface area contributed by atoms with Gasteiger partial charge in [0.1, 0.15) is 5.82 Å². The van der Waals surface area contributed by atoms with Crippen LogP contribution in [-0.2, 0) is 0 Å². The molecule has 0 aromatic heterocycles. The Morgan fingerprint density at radius 3 is 2.77 bits per heavy atom. The Labute approximate surface area is 84.7 Å². The summed E-state index contributed by atoms with van der Waals surface area (Å²) in [5.74, 6) is -0.338. The van der Waals surface area contributed by atoms with Crippen LogP contribution in [-0.4, -0.2) is 11.7 Å². The number of benzene rings is 1. The minimum Gasteiger partial charge on any atom is -0.396 e. The van der Waals surface area contributed by atoms with Crippen molar-refractivity contribution in [3.63, 3.8) is 0 Å². The summed E-state index contributed by atoms with van der Waals surface area (Å²) < 4.78 is 13.9. The molecule has 3 N–H and O–H groups in total. The molecule has 0 fully saturated rings. The highest BCUT2D eigenvalue weighted by molar-refractivity contribution is 9.10. The fourth-order valence-corrected chi connectivity index (χ4v) is 1.43. The van der Waals surface area contributed by atoms with Gasteiger partial charge < -0.3 is 10.8 Å². The maximum absolute atomic E-state index is 13.2. The highest BCUT2D eigenvalue weighted by atomic mass is 79.9. The smallest absolute Gasteiger partial charge is 0.129 e. The first-order chi connectivity index (χ1) is 6.15. The molecule has 13 heavy (non-hydrogen) atoms. The Kier molecular flexibility index (Phi) is 3.84. The van der Waals surface area contributed by atoms with Gasteiger partial charge in [-0.1, -0.05) is 22.0 Å². The fraction of sp³-hybridized carbons (Fsp3) is 0.333. The van der Waals surface area contributed by atoms with Crippen LogP contribution in [0, 0.1) is 5.82 Å². The number of nitrogens with two attached hydrogens (primary N) is 1. The van der Waals surface area contributed by atoms with Crippen LogP contribution < -0.4 is 5.73 Å². The van der Waals surface area contributed by atoms with Gasteiger partial charge in [-0.05, 0) is 18.6 Å². The van der Waals surface area contributed by atoms with Gasteiger partial charge in [-0.3, -0.25) is 0 Å². The van der Waals surface area contributed by atoms with E-state index in [2.05, 4.69) is 15.9 Å². The van der Waals surface area contributed by atoms with Gasteiger partial charge in [0.15, 0.2) is 0 Å². The zero-order valence-electron chi connectivity index (χ0n) is 7.00. The summed E-state index contributed by atoms with van der Waals surface area (Å²) in [5.41, 5.74) is 6.08. The van der Waals surface area contributed by atoms with Crippen LogP contribution in [0.15, 0.2) is 22.7 Å². The van der Waals surface area contributed by atoms with Gasteiger partial charge in [-0.15, -0.1) is 0 Å². The van der Waals surface area contributed by atoms with E-state index < -0.39 is 6.04 Å². The van der Waals surface area contributed by atoms with Crippen molar-refractivity contribution in [2.24, 2.45) is 5.73 Å². The number of rotatable bonds is 3. The lowest BCUT2D eigenvalue weighted by Crippen LogP contribution is -2.13. The summed E-state index contributed by atoms with van der Waals surface area (Å²) in [4.78, 5) is 0. The molecule has 1 aromatic rings. The number of aliphatic hydroxyl groups is 1. The van der Waals surface area contributed by atoms with Crippen molar-refractivity contribution >= 4 is 15.9 Å². The highest BCUT2D eigenvalue weighted by Gasteiger charge is 2.10. The van der Waals surface area contributed by atoms with E-state index in [4.69, 9.17) is 10.8 Å². The SMILES string of the molecule is N[C@H](CCO)c1ccc(Br)cc1F. The van der Waals surface area contributed by atoms with Crippen LogP contribution in [0.5, 0.6) is 0 Å². The van der Waals surface area contributed by atoms with Crippen molar-refractivity contribution in [3.8, 4) is 0 Å². The lowest BCUT2D eigenvalue weighted by Gasteiger charge is -2.11. The van der Waals surface area contributed by atoms with Crippen molar-refractivity contribution in [1.82, 2.24) is 0 Å². The van der Waals surface area contributed by atoms with E-state index in [1.54, 1.807) is 12.1 Å². The molecule has 0 saturated heterocycles. The van der Waals surface area contributed by atoms with Gasteiger partial charge in [0, 0.05) is 22.7 Å². The molecule has 0 radical (unpaired) electrons. The molecule has 1 atom stereocenters. The van der Waals surface area contributed by atoms with E-state index >= 15 is 0 Å². The second-order valence-electron chi connectivity index (χ2n) is 2.78. The quantitative estimate of drug-likeness (QED) is 0.858. The molecule has 1 rings (SSSR count). The summed E-state index contributed by atoms with van der Waals surface area (Å²) in [5, 5.41) is 8.63. The summed E-state index contributed by atoms with van der Waals surface area (Å²) in [6, 6.07) is 4.29. The molecule has 0 aliphatic carbocycles. The Morgan fingerprint density at radius 2 is 2.23 bits per heavy atom. The largest absolute Gasteiger partial charge is 0.396 e. The van der Waals surface area contributed by atoms with Gasteiger partial charge in [-0.2, -0.15) is 0 Å². The van der Waals surface area contributed by atoms with Crippen molar-refractivity contribution in [3.05, 3.63) is 34.1 Å². The average Bonchev–Trinajstić information content (AvgIpc) is 2.04. The normalized spacial score (nSPS) is 12.9. The van der Waals surface area contributed by atoms with Crippen LogP contribution in [0.2, 0.25) is 0 Å². The minimum absolute atomic E-state index is 0.0311. The first-order valence-corrected chi connectivity index (χ1v) is 4.76. The van der Waals surface area contributed by atoms with E-state index in [9.17, 15) is 4.39 Å². The van der Waals surface area contributed by atoms with Gasteiger partial charge in [-0.25, -0.2) is 4.39 Å². The summed E-state index contributed by atoms with van der Waals surface area (Å²) in [7, 11) is 0. The molecular weight excluding hydrogens is 237 g/mol. The zero-order valence-corrected chi connectivity index (χ0v) is 8.59. The second kappa shape index (κ2) is 4.69. The Morgan fingerprint density at radius 1 is 1.54 bits per heavy atom. The Bertz CT molecular complexity index is 293. The van der Waals surface area contributed by atoms with Gasteiger partial charge >= 0.3 is 0 Å². The predicted molar refractivity (Wildman–Crippen MR) is 52.7 cm³/mol. The van der Waals surface area contributed by atoms with Crippen molar-refractivity contribution in [2.45, 2.75) is 12.5 Å². The molecule has 4 heteroatoms. The minimum atomic E-state index is -0.432. The Hall–Kier alpha value is -0.450. The average molecular weight is 248 g/mol. The van der Waals surface area contributed by atoms with Crippen molar-refractivity contribution < 1.29 is 9.50 Å². The predicted octanol–water partition coefficient (Wildman–Crippen LogP) is 1.97. The third kappa shape index (κ3) is 2.76. The molecule has 0 saturated carbocycles. The fourth-order valence-electron chi connectivity index (χ4n) is 1.10. The van der Waals surface area contributed by atoms with Crippen LogP contribution >= 0.6 is 15.9 Å². The molecule has 0 aliphatic rings. The number of hydrogen-bond donors (Lipinski definition) is 2. The summed E-state index contributed by atoms with van der Waals surface area (Å²) in [6.45, 7) is -0.0311. The maximum Gasteiger partial charge on any atom is 0.129 e. The first kappa shape index (κ1) is 10.6. The standard InChI is InChI=1S/C9H11BrFNO/c10-6-1-2-7(8(11)5-6)9(12)3-4-13/h1-2,5,9,13H,3-4,12H2/t9-/m1/s1. The highest BCUT2D eigenvalue weighted by Crippen LogP contribution is 2.21. The van der Waals surface area contributed by atoms with Crippen molar-refractivity contribution in [1.29, 1.82) is 0 Å². The van der Waals surface area contributed by atoms with E-state index in [0.29, 0.717) is 16.5 Å². The molecule has 0 spiro atoms. The number of hydrogen-bond acceptors (Lipinski definition) is 2. The molecule has 2 nitrogen and oxygen atoms in total. The van der Waals surface area contributed by atoms with Crippen LogP contribution in [0.25, 0.3) is 0 Å². The van der Waals surface area contributed by atoms with Gasteiger partial charge in [0.05, 0.1) is 0 Å². The monoisotopic (exact) mass is 247 g/mol. The molecule has 0 bridgehead atoms. The van der Waals surface area contributed by atoms with E-state index in [0.717, 1.165) is 0 Å². The molecule has 0 amide bonds. The topological polar surface area (TPSA) is 46.2 Å².